The van der Waals surface area contributed by atoms with Crippen molar-refractivity contribution >= 4 is 28.5 Å². The number of likely N-dealkylation sites (tertiary alicyclic amines) is 1. The predicted octanol–water partition coefficient (Wildman–Crippen LogP) is 3.42. The highest BCUT2D eigenvalue weighted by molar-refractivity contribution is 5.92. The Morgan fingerprint density at radius 3 is 2.53 bits per heavy atom. The number of nitrogens with zero attached hydrogens (tertiary/aromatic N) is 1. The third-order valence-corrected chi connectivity index (χ3v) is 6.04. The van der Waals surface area contributed by atoms with Crippen LogP contribution in [0.1, 0.15) is 24.1 Å². The van der Waals surface area contributed by atoms with E-state index in [9.17, 15) is 9.59 Å². The number of piperidine rings is 1. The quantitative estimate of drug-likeness (QED) is 0.460. The van der Waals surface area contributed by atoms with Gasteiger partial charge < -0.3 is 20.9 Å². The van der Waals surface area contributed by atoms with Gasteiger partial charge in [0.05, 0.1) is 6.54 Å². The number of nitrogens with one attached hydrogen (secondary N) is 4. The van der Waals surface area contributed by atoms with E-state index in [1.54, 1.807) is 0 Å². The highest BCUT2D eigenvalue weighted by Crippen LogP contribution is 2.21. The molecule has 0 spiro atoms. The first-order chi connectivity index (χ1) is 15.6. The molecule has 1 aliphatic heterocycles. The number of anilines is 1. The number of benzene rings is 2. The second-order valence-corrected chi connectivity index (χ2v) is 8.39. The molecule has 1 aliphatic rings. The number of aromatic nitrogens is 1. The predicted molar refractivity (Wildman–Crippen MR) is 128 cm³/mol. The number of para-hydroxylation sites is 2. The monoisotopic (exact) mass is 433 g/mol. The lowest BCUT2D eigenvalue weighted by molar-refractivity contribution is -0.117. The van der Waals surface area contributed by atoms with Gasteiger partial charge in [0.15, 0.2) is 0 Å². The Morgan fingerprint density at radius 1 is 1.03 bits per heavy atom. The van der Waals surface area contributed by atoms with Gasteiger partial charge in [0.1, 0.15) is 0 Å². The second-order valence-electron chi connectivity index (χ2n) is 8.39. The largest absolute Gasteiger partial charge is 0.358 e. The van der Waals surface area contributed by atoms with Gasteiger partial charge in [-0.3, -0.25) is 9.69 Å². The average molecular weight is 434 g/mol. The normalized spacial score (nSPS) is 14.9. The van der Waals surface area contributed by atoms with Crippen LogP contribution >= 0.6 is 0 Å². The number of fused-ring (bicyclic) bond motifs is 1. The molecule has 7 heteroatoms. The first kappa shape index (κ1) is 21.9. The van der Waals surface area contributed by atoms with Crippen LogP contribution in [0.5, 0.6) is 0 Å². The fourth-order valence-corrected chi connectivity index (χ4v) is 4.35. The molecule has 7 nitrogen and oxygen atoms in total. The third-order valence-electron chi connectivity index (χ3n) is 6.04. The van der Waals surface area contributed by atoms with Crippen molar-refractivity contribution < 1.29 is 9.59 Å². The van der Waals surface area contributed by atoms with E-state index in [1.807, 2.05) is 42.5 Å². The van der Waals surface area contributed by atoms with Gasteiger partial charge in [-0.25, -0.2) is 4.79 Å². The van der Waals surface area contributed by atoms with E-state index < -0.39 is 0 Å². The molecule has 0 unspecified atom stereocenters. The molecule has 32 heavy (non-hydrogen) atoms. The molecule has 168 valence electrons. The first-order valence-corrected chi connectivity index (χ1v) is 11.3. The summed E-state index contributed by atoms with van der Waals surface area (Å²) in [6.07, 6.45) is 2.47. The van der Waals surface area contributed by atoms with Crippen LogP contribution < -0.4 is 16.0 Å². The summed E-state index contributed by atoms with van der Waals surface area (Å²) in [7, 11) is 0. The van der Waals surface area contributed by atoms with Crippen LogP contribution in [0.15, 0.2) is 54.6 Å². The van der Waals surface area contributed by atoms with E-state index in [2.05, 4.69) is 44.9 Å². The molecule has 1 aromatic heterocycles. The minimum absolute atomic E-state index is 0.00655. The van der Waals surface area contributed by atoms with Gasteiger partial charge in [0.25, 0.3) is 0 Å². The van der Waals surface area contributed by atoms with Crippen molar-refractivity contribution in [2.24, 2.45) is 0 Å². The van der Waals surface area contributed by atoms with Crippen LogP contribution in [0.2, 0.25) is 0 Å². The Hall–Kier alpha value is -3.32. The summed E-state index contributed by atoms with van der Waals surface area (Å²) in [4.78, 5) is 30.1. The summed E-state index contributed by atoms with van der Waals surface area (Å²) >= 11 is 0. The van der Waals surface area contributed by atoms with Gasteiger partial charge in [-0.1, -0.05) is 36.4 Å². The molecule has 4 rings (SSSR count). The molecular formula is C25H31N5O2. The number of aromatic amines is 1. The standard InChI is InChI=1S/C25H31N5O2/c1-18-21(22-9-5-6-10-23(22)27-18)11-14-26-25(32)29-20-12-15-30(16-13-20)17-24(31)28-19-7-3-2-4-8-19/h2-10,20,27H,11-17H2,1H3,(H,28,31)(H2,26,29,32). The summed E-state index contributed by atoms with van der Waals surface area (Å²) in [6, 6.07) is 17.8. The van der Waals surface area contributed by atoms with Crippen LogP contribution in [-0.2, 0) is 11.2 Å². The molecule has 0 bridgehead atoms. The molecule has 0 aliphatic carbocycles. The fourth-order valence-electron chi connectivity index (χ4n) is 4.35. The van der Waals surface area contributed by atoms with E-state index in [0.717, 1.165) is 49.2 Å². The smallest absolute Gasteiger partial charge is 0.315 e. The lowest BCUT2D eigenvalue weighted by Crippen LogP contribution is -2.49. The maximum atomic E-state index is 12.3. The zero-order valence-corrected chi connectivity index (χ0v) is 18.5. The Kier molecular flexibility index (Phi) is 7.07. The van der Waals surface area contributed by atoms with Gasteiger partial charge in [0.2, 0.25) is 5.91 Å². The number of rotatable bonds is 7. The maximum absolute atomic E-state index is 12.3. The maximum Gasteiger partial charge on any atom is 0.315 e. The molecule has 1 saturated heterocycles. The Balaban J connectivity index is 1.15. The lowest BCUT2D eigenvalue weighted by Gasteiger charge is -2.31. The van der Waals surface area contributed by atoms with Crippen LogP contribution in [0.25, 0.3) is 10.9 Å². The number of urea groups is 1. The Bertz CT molecular complexity index is 1050. The number of carbonyl (C=O) groups is 2. The van der Waals surface area contributed by atoms with Gasteiger partial charge in [0, 0.05) is 48.0 Å². The second kappa shape index (κ2) is 10.3. The van der Waals surface area contributed by atoms with Crippen molar-refractivity contribution in [3.8, 4) is 0 Å². The molecular weight excluding hydrogens is 402 g/mol. The van der Waals surface area contributed by atoms with E-state index in [4.69, 9.17) is 0 Å². The molecule has 3 amide bonds. The zero-order valence-electron chi connectivity index (χ0n) is 18.5. The summed E-state index contributed by atoms with van der Waals surface area (Å²) in [5.41, 5.74) is 4.35. The molecule has 2 heterocycles. The number of H-pyrrole nitrogens is 1. The summed E-state index contributed by atoms with van der Waals surface area (Å²) in [5, 5.41) is 10.2. The summed E-state index contributed by atoms with van der Waals surface area (Å²) in [6.45, 7) is 4.62. The SMILES string of the molecule is Cc1[nH]c2ccccc2c1CCNC(=O)NC1CCN(CC(=O)Nc2ccccc2)CC1. The van der Waals surface area contributed by atoms with Gasteiger partial charge in [-0.15, -0.1) is 0 Å². The molecule has 2 aromatic carbocycles. The van der Waals surface area contributed by atoms with Crippen LogP contribution in [-0.4, -0.2) is 54.0 Å². The molecule has 3 aromatic rings. The lowest BCUT2D eigenvalue weighted by atomic mass is 10.1. The van der Waals surface area contributed by atoms with Gasteiger partial charge in [-0.05, 0) is 49.9 Å². The topological polar surface area (TPSA) is 89.3 Å². The van der Waals surface area contributed by atoms with Crippen molar-refractivity contribution in [3.63, 3.8) is 0 Å². The van der Waals surface area contributed by atoms with Crippen molar-refractivity contribution in [2.75, 3.05) is 31.5 Å². The number of carbonyl (C=O) groups excluding carboxylic acids is 2. The van der Waals surface area contributed by atoms with Gasteiger partial charge in [-0.2, -0.15) is 0 Å². The van der Waals surface area contributed by atoms with E-state index in [1.165, 1.54) is 10.9 Å². The van der Waals surface area contributed by atoms with Gasteiger partial charge >= 0.3 is 6.03 Å². The highest BCUT2D eigenvalue weighted by Gasteiger charge is 2.22. The molecule has 0 atom stereocenters. The average Bonchev–Trinajstić information content (AvgIpc) is 3.11. The summed E-state index contributed by atoms with van der Waals surface area (Å²) < 4.78 is 0. The number of aryl methyl sites for hydroxylation is 1. The Labute approximate surface area is 188 Å². The number of hydrogen-bond acceptors (Lipinski definition) is 3. The van der Waals surface area contributed by atoms with E-state index in [-0.39, 0.29) is 18.0 Å². The molecule has 1 fully saturated rings. The van der Waals surface area contributed by atoms with Crippen molar-refractivity contribution in [3.05, 3.63) is 65.9 Å². The summed E-state index contributed by atoms with van der Waals surface area (Å²) in [5.74, 6) is -0.00655. The molecule has 0 radical (unpaired) electrons. The van der Waals surface area contributed by atoms with Crippen LogP contribution in [0.3, 0.4) is 0 Å². The van der Waals surface area contributed by atoms with Crippen molar-refractivity contribution in [1.82, 2.24) is 20.5 Å². The Morgan fingerprint density at radius 2 is 1.75 bits per heavy atom. The minimum Gasteiger partial charge on any atom is -0.358 e. The molecule has 4 N–H and O–H groups in total. The van der Waals surface area contributed by atoms with E-state index in [0.29, 0.717) is 13.1 Å². The number of hydrogen-bond donors (Lipinski definition) is 4. The zero-order chi connectivity index (χ0) is 22.3. The van der Waals surface area contributed by atoms with E-state index >= 15 is 0 Å². The minimum atomic E-state index is -0.122. The third kappa shape index (κ3) is 5.68. The van der Waals surface area contributed by atoms with Crippen molar-refractivity contribution in [1.29, 1.82) is 0 Å². The van der Waals surface area contributed by atoms with Crippen LogP contribution in [0, 0.1) is 6.92 Å². The highest BCUT2D eigenvalue weighted by atomic mass is 16.2. The van der Waals surface area contributed by atoms with Crippen LogP contribution in [0.4, 0.5) is 10.5 Å². The first-order valence-electron chi connectivity index (χ1n) is 11.3. The number of amides is 3. The molecule has 0 saturated carbocycles. The fraction of sp³-hybridized carbons (Fsp3) is 0.360. The van der Waals surface area contributed by atoms with Crippen molar-refractivity contribution in [2.45, 2.75) is 32.2 Å².